The zero-order valence-electron chi connectivity index (χ0n) is 14.7. The van der Waals surface area contributed by atoms with Crippen molar-refractivity contribution in [2.75, 3.05) is 33.4 Å². The van der Waals surface area contributed by atoms with E-state index in [0.29, 0.717) is 23.8 Å². The van der Waals surface area contributed by atoms with Crippen LogP contribution in [0, 0.1) is 11.8 Å². The molecular weight excluding hydrogens is 343 g/mol. The Balaban J connectivity index is 0.00000225. The summed E-state index contributed by atoms with van der Waals surface area (Å²) < 4.78 is 18.7. The van der Waals surface area contributed by atoms with Gasteiger partial charge in [-0.2, -0.15) is 0 Å². The summed E-state index contributed by atoms with van der Waals surface area (Å²) in [5, 5.41) is 0. The lowest BCUT2D eigenvalue weighted by Crippen LogP contribution is -2.59. The number of carbonyl (C=O) groups is 1. The van der Waals surface area contributed by atoms with E-state index >= 15 is 0 Å². The Morgan fingerprint density at radius 1 is 1.36 bits per heavy atom. The predicted molar refractivity (Wildman–Crippen MR) is 98.8 cm³/mol. The number of alkyl halides is 1. The van der Waals surface area contributed by atoms with Crippen molar-refractivity contribution in [2.45, 2.75) is 31.3 Å². The second-order valence-electron chi connectivity index (χ2n) is 7.07. The maximum absolute atomic E-state index is 12.5. The number of primary amides is 1. The number of rotatable bonds is 6. The van der Waals surface area contributed by atoms with Crippen molar-refractivity contribution in [3.63, 3.8) is 0 Å². The topological polar surface area (TPSA) is 55.6 Å². The molecule has 25 heavy (non-hydrogen) atoms. The van der Waals surface area contributed by atoms with Gasteiger partial charge in [-0.15, -0.1) is 12.4 Å². The summed E-state index contributed by atoms with van der Waals surface area (Å²) in [7, 11) is 1.78. The van der Waals surface area contributed by atoms with Gasteiger partial charge in [-0.1, -0.05) is 18.6 Å². The van der Waals surface area contributed by atoms with Crippen molar-refractivity contribution in [3.8, 4) is 0 Å². The summed E-state index contributed by atoms with van der Waals surface area (Å²) in [4.78, 5) is 14.0. The summed E-state index contributed by atoms with van der Waals surface area (Å²) in [6.07, 6.45) is 3.98. The molecule has 1 saturated carbocycles. The third-order valence-electron chi connectivity index (χ3n) is 5.82. The first-order valence-corrected chi connectivity index (χ1v) is 8.85. The maximum atomic E-state index is 12.5. The molecule has 1 aliphatic carbocycles. The predicted octanol–water partition coefficient (Wildman–Crippen LogP) is 3.14. The summed E-state index contributed by atoms with van der Waals surface area (Å²) in [5.74, 6) is 0.309. The zero-order valence-corrected chi connectivity index (χ0v) is 15.6. The number of hydrogen-bond donors (Lipinski definition) is 1. The lowest BCUT2D eigenvalue weighted by molar-refractivity contribution is -0.169. The molecule has 1 heterocycles. The van der Waals surface area contributed by atoms with E-state index in [4.69, 9.17) is 10.5 Å². The van der Waals surface area contributed by atoms with Crippen molar-refractivity contribution in [1.82, 2.24) is 4.90 Å². The van der Waals surface area contributed by atoms with Crippen LogP contribution in [0.4, 0.5) is 4.39 Å². The molecule has 2 N–H and O–H groups in total. The fraction of sp³-hybridized carbons (Fsp3) is 0.632. The zero-order chi connectivity index (χ0) is 17.2. The molecule has 1 aromatic carbocycles. The smallest absolute Gasteiger partial charge is 0.248 e. The summed E-state index contributed by atoms with van der Waals surface area (Å²) in [6, 6.07) is 7.59. The quantitative estimate of drug-likeness (QED) is 0.836. The van der Waals surface area contributed by atoms with Gasteiger partial charge in [0.1, 0.15) is 5.60 Å². The molecule has 4 nitrogen and oxygen atoms in total. The van der Waals surface area contributed by atoms with E-state index in [1.165, 1.54) is 6.42 Å². The number of piperidine rings is 1. The molecule has 1 amide bonds. The molecule has 2 bridgehead atoms. The van der Waals surface area contributed by atoms with Gasteiger partial charge in [0, 0.05) is 44.1 Å². The molecule has 0 spiro atoms. The van der Waals surface area contributed by atoms with Crippen LogP contribution in [0.1, 0.15) is 41.6 Å². The number of nitrogens with zero attached hydrogens (tertiary/aromatic N) is 1. The van der Waals surface area contributed by atoms with Crippen molar-refractivity contribution < 1.29 is 13.9 Å². The molecule has 1 saturated heterocycles. The summed E-state index contributed by atoms with van der Waals surface area (Å²) >= 11 is 0. The molecule has 0 unspecified atom stereocenters. The second kappa shape index (κ2) is 8.47. The van der Waals surface area contributed by atoms with Crippen LogP contribution >= 0.6 is 12.4 Å². The number of fused-ring (bicyclic) bond motifs is 2. The monoisotopic (exact) mass is 370 g/mol. The Bertz CT molecular complexity index is 585. The van der Waals surface area contributed by atoms with Crippen LogP contribution in [0.25, 0.3) is 0 Å². The number of benzene rings is 1. The van der Waals surface area contributed by atoms with Gasteiger partial charge in [-0.25, -0.2) is 0 Å². The van der Waals surface area contributed by atoms with Gasteiger partial charge >= 0.3 is 0 Å². The Hall–Kier alpha value is -1.17. The number of methoxy groups -OCH3 is 1. The molecule has 1 aliphatic heterocycles. The number of amides is 1. The molecular formula is C19H28ClFN2O2. The Labute approximate surface area is 155 Å². The third-order valence-corrected chi connectivity index (χ3v) is 5.82. The molecule has 3 atom stereocenters. The minimum atomic E-state index is -0.409. The van der Waals surface area contributed by atoms with Crippen LogP contribution in [0.15, 0.2) is 24.3 Å². The molecule has 1 aromatic rings. The molecule has 0 radical (unpaired) electrons. The van der Waals surface area contributed by atoms with Gasteiger partial charge in [-0.05, 0) is 37.0 Å². The average Bonchev–Trinajstić information content (AvgIpc) is 2.59. The number of carbonyl (C=O) groups excluding carboxylic acids is 1. The maximum Gasteiger partial charge on any atom is 0.248 e. The normalized spacial score (nSPS) is 29.0. The van der Waals surface area contributed by atoms with E-state index in [1.54, 1.807) is 13.2 Å². The lowest BCUT2D eigenvalue weighted by Gasteiger charge is -2.55. The molecule has 140 valence electrons. The van der Waals surface area contributed by atoms with Gasteiger partial charge < -0.3 is 15.4 Å². The van der Waals surface area contributed by atoms with Crippen LogP contribution in [-0.4, -0.2) is 44.2 Å². The van der Waals surface area contributed by atoms with Gasteiger partial charge in [-0.3, -0.25) is 9.18 Å². The molecule has 3 rings (SSSR count). The highest BCUT2D eigenvalue weighted by atomic mass is 35.5. The Morgan fingerprint density at radius 2 is 2.04 bits per heavy atom. The first-order valence-electron chi connectivity index (χ1n) is 8.85. The summed E-state index contributed by atoms with van der Waals surface area (Å²) in [6.45, 7) is 2.39. The largest absolute Gasteiger partial charge is 0.373 e. The minimum Gasteiger partial charge on any atom is -0.373 e. The van der Waals surface area contributed by atoms with Gasteiger partial charge in [0.25, 0.3) is 0 Å². The van der Waals surface area contributed by atoms with Crippen LogP contribution < -0.4 is 5.73 Å². The second-order valence-corrected chi connectivity index (χ2v) is 7.07. The van der Waals surface area contributed by atoms with Crippen molar-refractivity contribution in [2.24, 2.45) is 17.6 Å². The number of likely N-dealkylation sites (tertiary alicyclic amines) is 1. The molecule has 2 fully saturated rings. The molecule has 2 aliphatic rings. The van der Waals surface area contributed by atoms with Gasteiger partial charge in [0.2, 0.25) is 5.91 Å². The average molecular weight is 371 g/mol. The van der Waals surface area contributed by atoms with Gasteiger partial charge in [0.15, 0.2) is 0 Å². The Morgan fingerprint density at radius 3 is 2.60 bits per heavy atom. The van der Waals surface area contributed by atoms with Gasteiger partial charge in [0.05, 0.1) is 6.67 Å². The highest BCUT2D eigenvalue weighted by Crippen LogP contribution is 2.51. The minimum absolute atomic E-state index is 0. The molecule has 0 aromatic heterocycles. The highest BCUT2D eigenvalue weighted by Gasteiger charge is 2.53. The first kappa shape index (κ1) is 20.1. The van der Waals surface area contributed by atoms with Crippen LogP contribution in [0.5, 0.6) is 0 Å². The van der Waals surface area contributed by atoms with Crippen LogP contribution in [0.3, 0.4) is 0 Å². The Kier molecular flexibility index (Phi) is 6.83. The van der Waals surface area contributed by atoms with E-state index in [9.17, 15) is 9.18 Å². The van der Waals surface area contributed by atoms with E-state index in [2.05, 4.69) is 11.0 Å². The van der Waals surface area contributed by atoms with E-state index in [0.717, 1.165) is 38.0 Å². The summed E-state index contributed by atoms with van der Waals surface area (Å²) in [5.41, 5.74) is 6.69. The van der Waals surface area contributed by atoms with Crippen molar-refractivity contribution >= 4 is 18.3 Å². The molecule has 6 heteroatoms. The van der Waals surface area contributed by atoms with Crippen molar-refractivity contribution in [1.29, 1.82) is 0 Å². The number of nitrogens with two attached hydrogens (primary N) is 1. The highest BCUT2D eigenvalue weighted by molar-refractivity contribution is 5.92. The van der Waals surface area contributed by atoms with Crippen LogP contribution in [0.2, 0.25) is 0 Å². The van der Waals surface area contributed by atoms with E-state index in [-0.39, 0.29) is 24.7 Å². The lowest BCUT2D eigenvalue weighted by atomic mass is 9.62. The first-order chi connectivity index (χ1) is 11.6. The number of hydrogen-bond acceptors (Lipinski definition) is 3. The van der Waals surface area contributed by atoms with Crippen LogP contribution in [-0.2, 0) is 10.3 Å². The number of ether oxygens (including phenoxy) is 1. The number of halogens is 2. The third kappa shape index (κ3) is 3.69. The SMILES string of the molecule is CO[C@]1(c2cccc(C(N)=O)c2)[C@@H]2CCC[C@H]1CN(CCCF)C2.Cl. The van der Waals surface area contributed by atoms with E-state index in [1.807, 2.05) is 12.1 Å². The fourth-order valence-electron chi connectivity index (χ4n) is 4.83. The van der Waals surface area contributed by atoms with Crippen molar-refractivity contribution in [3.05, 3.63) is 35.4 Å². The van der Waals surface area contributed by atoms with E-state index < -0.39 is 5.91 Å². The fourth-order valence-corrected chi connectivity index (χ4v) is 4.83. The standard InChI is InChI=1S/C19H27FN2O2.ClH/c1-24-19(15-6-2-5-14(11-15)18(21)23)16-7-3-8-17(19)13-22(12-16)10-4-9-20;/h2,5-6,11,16-17H,3-4,7-10,12-13H2,1H3,(H2,21,23);1H/t16-,17+,19-;.